The van der Waals surface area contributed by atoms with E-state index < -0.39 is 12.2 Å². The second-order valence-electron chi connectivity index (χ2n) is 13.9. The van der Waals surface area contributed by atoms with Crippen molar-refractivity contribution >= 4 is 11.9 Å². The highest BCUT2D eigenvalue weighted by atomic mass is 16.3. The number of aryl methyl sites for hydroxylation is 1. The van der Waals surface area contributed by atoms with Gasteiger partial charge in [0.05, 0.1) is 17.9 Å². The Labute approximate surface area is 253 Å². The molecule has 3 N–H and O–H groups in total. The van der Waals surface area contributed by atoms with E-state index in [2.05, 4.69) is 54.9 Å². The number of H-pyrrole nitrogens is 1. The Morgan fingerprint density at radius 3 is 2.44 bits per heavy atom. The first-order valence-electron chi connectivity index (χ1n) is 15.7. The minimum Gasteiger partial charge on any atom is -0.389 e. The van der Waals surface area contributed by atoms with Gasteiger partial charge in [-0.2, -0.15) is 0 Å². The fourth-order valence-corrected chi connectivity index (χ4v) is 6.98. The van der Waals surface area contributed by atoms with E-state index in [1.54, 1.807) is 12.3 Å². The summed E-state index contributed by atoms with van der Waals surface area (Å²) in [6.45, 7) is 8.54. The molecule has 4 atom stereocenters. The van der Waals surface area contributed by atoms with Crippen LogP contribution in [0.2, 0.25) is 0 Å². The molecule has 0 bridgehead atoms. The van der Waals surface area contributed by atoms with Gasteiger partial charge in [0, 0.05) is 49.5 Å². The van der Waals surface area contributed by atoms with Crippen LogP contribution in [-0.2, 0) is 24.1 Å². The third-order valence-electron chi connectivity index (χ3n) is 9.83. The summed E-state index contributed by atoms with van der Waals surface area (Å²) in [6.07, 6.45) is 7.26. The highest BCUT2D eigenvalue weighted by Crippen LogP contribution is 2.39. The normalized spacial score (nSPS) is 22.6. The summed E-state index contributed by atoms with van der Waals surface area (Å²) in [5.74, 6) is 0.783. The molecule has 43 heavy (non-hydrogen) atoms. The van der Waals surface area contributed by atoms with Crippen molar-refractivity contribution in [2.75, 3.05) is 19.6 Å². The largest absolute Gasteiger partial charge is 0.389 e. The van der Waals surface area contributed by atoms with Gasteiger partial charge in [-0.05, 0) is 95.5 Å². The fraction of sp³-hybridized carbons (Fsp3) is 0.472. The SMILES string of the molecule is CC(C)(C)[C@H]1CCc2nc3c(cc2C1)C=C(C(=O)C[C@H](CCN1C[C@@H](O)[C@H](O)C1)c1ccc(-c2ccc(=O)[nH]c2)cc1)C3. The van der Waals surface area contributed by atoms with Crippen LogP contribution in [-0.4, -0.2) is 62.7 Å². The van der Waals surface area contributed by atoms with Gasteiger partial charge in [0.15, 0.2) is 5.78 Å². The van der Waals surface area contributed by atoms with Crippen molar-refractivity contribution < 1.29 is 15.0 Å². The number of aromatic amines is 1. The summed E-state index contributed by atoms with van der Waals surface area (Å²) in [4.78, 5) is 35.1. The molecule has 3 aliphatic rings. The summed E-state index contributed by atoms with van der Waals surface area (Å²) in [6, 6.07) is 13.8. The molecule has 3 aromatic rings. The van der Waals surface area contributed by atoms with Crippen molar-refractivity contribution in [3.8, 4) is 11.1 Å². The molecule has 0 saturated carbocycles. The number of hydrogen-bond acceptors (Lipinski definition) is 6. The molecular weight excluding hydrogens is 538 g/mol. The number of β-amino-alcohol motifs (C(OH)–C–C–N with tert-alkyl or cyclic N) is 2. The number of nitrogens with zero attached hydrogens (tertiary/aromatic N) is 2. The van der Waals surface area contributed by atoms with E-state index in [1.165, 1.54) is 17.3 Å². The number of ketones is 1. The van der Waals surface area contributed by atoms with Crippen molar-refractivity contribution in [3.05, 3.63) is 92.7 Å². The Balaban J connectivity index is 1.19. The molecule has 3 heterocycles. The molecule has 2 aliphatic carbocycles. The summed E-state index contributed by atoms with van der Waals surface area (Å²) in [5, 5.41) is 20.1. The van der Waals surface area contributed by atoms with E-state index >= 15 is 0 Å². The van der Waals surface area contributed by atoms with Crippen LogP contribution in [0.3, 0.4) is 0 Å². The van der Waals surface area contributed by atoms with Gasteiger partial charge < -0.3 is 15.2 Å². The molecule has 0 unspecified atom stereocenters. The van der Waals surface area contributed by atoms with Crippen LogP contribution in [0.5, 0.6) is 0 Å². The van der Waals surface area contributed by atoms with Crippen LogP contribution in [0.25, 0.3) is 17.2 Å². The van der Waals surface area contributed by atoms with Crippen molar-refractivity contribution in [1.82, 2.24) is 14.9 Å². The summed E-state index contributed by atoms with van der Waals surface area (Å²) in [7, 11) is 0. The van der Waals surface area contributed by atoms with E-state index in [1.807, 2.05) is 12.1 Å². The lowest BCUT2D eigenvalue weighted by atomic mass is 9.71. The molecular formula is C36H43N3O4. The minimum atomic E-state index is -0.726. The molecule has 0 amide bonds. The maximum atomic E-state index is 13.8. The highest BCUT2D eigenvalue weighted by molar-refractivity contribution is 6.02. The Morgan fingerprint density at radius 1 is 1.05 bits per heavy atom. The molecule has 0 radical (unpaired) electrons. The smallest absolute Gasteiger partial charge is 0.247 e. The third kappa shape index (κ3) is 6.59. The standard InChI is InChI=1S/C36H43N3O4/c1-36(2,3)29-9-10-30-27(16-29)14-26-15-28(17-31(26)38-30)32(40)18-24(12-13-39-20-33(41)34(42)21-39)22-4-6-23(7-5-22)25-8-11-35(43)37-19-25/h4-8,11,14-15,19,24,29,33-34,41-42H,9-10,12-13,16-18,20-21H2,1-3H3,(H,37,43)/t24-,29-,33+,34+/m0/s1. The maximum Gasteiger partial charge on any atom is 0.247 e. The second kappa shape index (κ2) is 11.9. The van der Waals surface area contributed by atoms with Gasteiger partial charge in [-0.15, -0.1) is 0 Å². The van der Waals surface area contributed by atoms with Gasteiger partial charge in [0.2, 0.25) is 5.56 Å². The van der Waals surface area contributed by atoms with Gasteiger partial charge in [-0.1, -0.05) is 45.0 Å². The molecule has 2 aromatic heterocycles. The number of Topliss-reactive ketones (excluding diaryl/α,β-unsaturated/α-hetero) is 1. The van der Waals surface area contributed by atoms with Crippen LogP contribution in [0.1, 0.15) is 74.0 Å². The quantitative estimate of drug-likeness (QED) is 0.356. The molecule has 1 fully saturated rings. The van der Waals surface area contributed by atoms with Crippen molar-refractivity contribution in [1.29, 1.82) is 0 Å². The first-order valence-corrected chi connectivity index (χ1v) is 15.7. The van der Waals surface area contributed by atoms with Gasteiger partial charge in [-0.3, -0.25) is 19.5 Å². The predicted molar refractivity (Wildman–Crippen MR) is 169 cm³/mol. The zero-order valence-electron chi connectivity index (χ0n) is 25.5. The van der Waals surface area contributed by atoms with Crippen LogP contribution in [0, 0.1) is 11.3 Å². The number of aliphatic hydroxyl groups excluding tert-OH is 2. The molecule has 6 rings (SSSR count). The number of likely N-dealkylation sites (tertiary alicyclic amines) is 1. The Hall–Kier alpha value is -3.39. The van der Waals surface area contributed by atoms with Gasteiger partial charge >= 0.3 is 0 Å². The number of aromatic nitrogens is 2. The second-order valence-corrected chi connectivity index (χ2v) is 13.9. The third-order valence-corrected chi connectivity index (χ3v) is 9.83. The lowest BCUT2D eigenvalue weighted by Gasteiger charge is -2.34. The Bertz CT molecular complexity index is 1550. The van der Waals surface area contributed by atoms with E-state index in [0.717, 1.165) is 59.2 Å². The summed E-state index contributed by atoms with van der Waals surface area (Å²) < 4.78 is 0. The highest BCUT2D eigenvalue weighted by Gasteiger charge is 2.32. The van der Waals surface area contributed by atoms with Gasteiger partial charge in [0.25, 0.3) is 0 Å². The van der Waals surface area contributed by atoms with Crippen LogP contribution >= 0.6 is 0 Å². The first-order chi connectivity index (χ1) is 20.5. The molecule has 7 nitrogen and oxygen atoms in total. The number of nitrogens with one attached hydrogen (secondary N) is 1. The number of fused-ring (bicyclic) bond motifs is 2. The molecule has 1 aromatic carbocycles. The van der Waals surface area contributed by atoms with E-state index in [4.69, 9.17) is 4.98 Å². The van der Waals surface area contributed by atoms with Crippen LogP contribution in [0.15, 0.2) is 59.0 Å². The zero-order valence-corrected chi connectivity index (χ0v) is 25.5. The Kier molecular flexibility index (Phi) is 8.24. The average Bonchev–Trinajstić information content (AvgIpc) is 3.55. The van der Waals surface area contributed by atoms with Crippen molar-refractivity contribution in [3.63, 3.8) is 0 Å². The number of allylic oxidation sites excluding steroid dienone is 1. The van der Waals surface area contributed by atoms with Crippen molar-refractivity contribution in [2.45, 2.75) is 77.4 Å². The minimum absolute atomic E-state index is 0.00895. The van der Waals surface area contributed by atoms with Crippen LogP contribution < -0.4 is 5.56 Å². The van der Waals surface area contributed by atoms with Crippen LogP contribution in [0.4, 0.5) is 0 Å². The topological polar surface area (TPSA) is 107 Å². The lowest BCUT2D eigenvalue weighted by molar-refractivity contribution is -0.116. The summed E-state index contributed by atoms with van der Waals surface area (Å²) >= 11 is 0. The lowest BCUT2D eigenvalue weighted by Crippen LogP contribution is -2.27. The number of benzene rings is 1. The molecule has 226 valence electrons. The van der Waals surface area contributed by atoms with Gasteiger partial charge in [0.1, 0.15) is 0 Å². The fourth-order valence-electron chi connectivity index (χ4n) is 6.98. The van der Waals surface area contributed by atoms with Crippen molar-refractivity contribution in [2.24, 2.45) is 11.3 Å². The first kappa shape index (κ1) is 29.7. The Morgan fingerprint density at radius 2 is 1.77 bits per heavy atom. The molecule has 7 heteroatoms. The van der Waals surface area contributed by atoms with E-state index in [0.29, 0.717) is 38.4 Å². The predicted octanol–water partition coefficient (Wildman–Crippen LogP) is 4.70. The maximum absolute atomic E-state index is 13.8. The zero-order chi connectivity index (χ0) is 30.3. The molecule has 1 aliphatic heterocycles. The van der Waals surface area contributed by atoms with E-state index in [-0.39, 0.29) is 22.7 Å². The molecule has 0 spiro atoms. The molecule has 1 saturated heterocycles. The number of pyridine rings is 2. The van der Waals surface area contributed by atoms with E-state index in [9.17, 15) is 19.8 Å². The average molecular weight is 582 g/mol. The summed E-state index contributed by atoms with van der Waals surface area (Å²) in [5.41, 5.74) is 8.64. The number of hydrogen-bond donors (Lipinski definition) is 3. The number of carbonyl (C=O) groups excluding carboxylic acids is 1. The number of aliphatic hydroxyl groups is 2. The number of rotatable bonds is 8. The number of carbonyl (C=O) groups is 1. The van der Waals surface area contributed by atoms with Gasteiger partial charge in [-0.25, -0.2) is 0 Å². The monoisotopic (exact) mass is 581 g/mol.